The van der Waals surface area contributed by atoms with E-state index < -0.39 is 0 Å². The van der Waals surface area contributed by atoms with Crippen molar-refractivity contribution < 1.29 is 4.42 Å². The molecule has 3 nitrogen and oxygen atoms in total. The molecule has 4 heteroatoms. The molecule has 0 saturated heterocycles. The van der Waals surface area contributed by atoms with E-state index in [1.165, 1.54) is 0 Å². The van der Waals surface area contributed by atoms with Crippen molar-refractivity contribution >= 4 is 15.9 Å². The summed E-state index contributed by atoms with van der Waals surface area (Å²) in [6, 6.07) is 2.40. The van der Waals surface area contributed by atoms with Crippen LogP contribution in [0.5, 0.6) is 0 Å². The lowest BCUT2D eigenvalue weighted by Crippen LogP contribution is -2.44. The van der Waals surface area contributed by atoms with Gasteiger partial charge in [0.2, 0.25) is 0 Å². The first kappa shape index (κ1) is 13.7. The van der Waals surface area contributed by atoms with E-state index in [4.69, 9.17) is 4.42 Å². The number of hydrogen-bond acceptors (Lipinski definition) is 3. The van der Waals surface area contributed by atoms with Crippen molar-refractivity contribution in [3.63, 3.8) is 0 Å². The quantitative estimate of drug-likeness (QED) is 0.875. The predicted octanol–water partition coefficient (Wildman–Crippen LogP) is 2.91. The predicted molar refractivity (Wildman–Crippen MR) is 70.5 cm³/mol. The van der Waals surface area contributed by atoms with Gasteiger partial charge >= 0.3 is 0 Å². The fourth-order valence-corrected chi connectivity index (χ4v) is 1.64. The standard InChI is InChI=1S/C12H21BrN2O/c1-9(7-15-12(2,3)4)14-8-10-5-6-16-11(10)13/h5-6,9,14-15H,7-8H2,1-4H3. The highest BCUT2D eigenvalue weighted by Crippen LogP contribution is 2.17. The van der Waals surface area contributed by atoms with Crippen molar-refractivity contribution in [2.75, 3.05) is 6.54 Å². The normalized spacial score (nSPS) is 14.1. The molecule has 0 spiro atoms. The zero-order valence-electron chi connectivity index (χ0n) is 10.4. The third kappa shape index (κ3) is 5.14. The van der Waals surface area contributed by atoms with Crippen molar-refractivity contribution in [2.24, 2.45) is 0 Å². The molecule has 16 heavy (non-hydrogen) atoms. The van der Waals surface area contributed by atoms with E-state index in [1.54, 1.807) is 6.26 Å². The Hall–Kier alpha value is -0.320. The van der Waals surface area contributed by atoms with Gasteiger partial charge in [-0.25, -0.2) is 0 Å². The highest BCUT2D eigenvalue weighted by Gasteiger charge is 2.11. The van der Waals surface area contributed by atoms with Crippen LogP contribution in [0.25, 0.3) is 0 Å². The molecule has 0 aromatic carbocycles. The summed E-state index contributed by atoms with van der Waals surface area (Å²) in [7, 11) is 0. The third-order valence-electron chi connectivity index (χ3n) is 2.27. The van der Waals surface area contributed by atoms with Crippen molar-refractivity contribution in [1.29, 1.82) is 0 Å². The fourth-order valence-electron chi connectivity index (χ4n) is 1.26. The van der Waals surface area contributed by atoms with Gasteiger partial charge in [0.15, 0.2) is 4.67 Å². The van der Waals surface area contributed by atoms with Gasteiger partial charge in [-0.2, -0.15) is 0 Å². The molecule has 1 unspecified atom stereocenters. The smallest absolute Gasteiger partial charge is 0.173 e. The average molecular weight is 289 g/mol. The molecule has 1 atom stereocenters. The molecular weight excluding hydrogens is 268 g/mol. The summed E-state index contributed by atoms with van der Waals surface area (Å²) in [5.74, 6) is 0. The number of rotatable bonds is 5. The maximum Gasteiger partial charge on any atom is 0.173 e. The lowest BCUT2D eigenvalue weighted by atomic mass is 10.1. The Labute approximate surface area is 106 Å². The summed E-state index contributed by atoms with van der Waals surface area (Å²) in [5, 5.41) is 6.91. The Bertz CT molecular complexity index is 317. The van der Waals surface area contributed by atoms with Gasteiger partial charge < -0.3 is 15.1 Å². The molecule has 0 aliphatic heterocycles. The lowest BCUT2D eigenvalue weighted by Gasteiger charge is -2.24. The minimum absolute atomic E-state index is 0.173. The van der Waals surface area contributed by atoms with Crippen molar-refractivity contribution in [1.82, 2.24) is 10.6 Å². The first-order chi connectivity index (χ1) is 7.38. The van der Waals surface area contributed by atoms with E-state index in [9.17, 15) is 0 Å². The van der Waals surface area contributed by atoms with Crippen LogP contribution in [-0.2, 0) is 6.54 Å². The molecule has 0 aliphatic rings. The first-order valence-corrected chi connectivity index (χ1v) is 6.38. The minimum atomic E-state index is 0.173. The van der Waals surface area contributed by atoms with Crippen LogP contribution in [0.2, 0.25) is 0 Å². The second kappa shape index (κ2) is 5.84. The fraction of sp³-hybridized carbons (Fsp3) is 0.667. The second-order valence-electron chi connectivity index (χ2n) is 5.13. The van der Waals surface area contributed by atoms with Crippen LogP contribution in [0.1, 0.15) is 33.3 Å². The summed E-state index contributed by atoms with van der Waals surface area (Å²) in [4.78, 5) is 0. The van der Waals surface area contributed by atoms with Gasteiger partial charge in [-0.05, 0) is 49.7 Å². The third-order valence-corrected chi connectivity index (χ3v) is 2.97. The van der Waals surface area contributed by atoms with Crippen molar-refractivity contribution in [3.05, 3.63) is 22.6 Å². The van der Waals surface area contributed by atoms with E-state index in [0.717, 1.165) is 23.3 Å². The van der Waals surface area contributed by atoms with Gasteiger partial charge in [0, 0.05) is 30.2 Å². The number of halogens is 1. The average Bonchev–Trinajstić information content (AvgIpc) is 2.57. The molecule has 1 aromatic rings. The molecule has 1 aromatic heterocycles. The molecular formula is C12H21BrN2O. The Kier molecular flexibility index (Phi) is 5.02. The van der Waals surface area contributed by atoms with Crippen LogP contribution in [0.3, 0.4) is 0 Å². The summed E-state index contributed by atoms with van der Waals surface area (Å²) >= 11 is 3.36. The van der Waals surface area contributed by atoms with Gasteiger partial charge in [-0.1, -0.05) is 0 Å². The van der Waals surface area contributed by atoms with E-state index in [1.807, 2.05) is 6.07 Å². The molecule has 1 heterocycles. The molecule has 0 radical (unpaired) electrons. The van der Waals surface area contributed by atoms with Crippen LogP contribution >= 0.6 is 15.9 Å². The van der Waals surface area contributed by atoms with Gasteiger partial charge in [-0.15, -0.1) is 0 Å². The Balaban J connectivity index is 2.25. The molecule has 1 rings (SSSR count). The molecule has 92 valence electrons. The summed E-state index contributed by atoms with van der Waals surface area (Å²) < 4.78 is 5.99. The first-order valence-electron chi connectivity index (χ1n) is 5.59. The molecule has 0 fully saturated rings. The maximum absolute atomic E-state index is 5.17. The topological polar surface area (TPSA) is 37.2 Å². The van der Waals surface area contributed by atoms with Gasteiger partial charge in [0.25, 0.3) is 0 Å². The number of furan rings is 1. The van der Waals surface area contributed by atoms with Crippen molar-refractivity contribution in [2.45, 2.75) is 45.8 Å². The molecule has 0 aliphatic carbocycles. The Morgan fingerprint density at radius 3 is 2.62 bits per heavy atom. The van der Waals surface area contributed by atoms with Crippen molar-refractivity contribution in [3.8, 4) is 0 Å². The van der Waals surface area contributed by atoms with Crippen LogP contribution in [0.4, 0.5) is 0 Å². The van der Waals surface area contributed by atoms with E-state index >= 15 is 0 Å². The molecule has 0 amide bonds. The van der Waals surface area contributed by atoms with Gasteiger partial charge in [-0.3, -0.25) is 0 Å². The largest absolute Gasteiger partial charge is 0.457 e. The van der Waals surface area contributed by atoms with E-state index in [0.29, 0.717) is 6.04 Å². The zero-order chi connectivity index (χ0) is 12.2. The monoisotopic (exact) mass is 288 g/mol. The Morgan fingerprint density at radius 1 is 1.44 bits per heavy atom. The summed E-state index contributed by atoms with van der Waals surface area (Å²) in [6.07, 6.45) is 1.69. The zero-order valence-corrected chi connectivity index (χ0v) is 12.0. The highest BCUT2D eigenvalue weighted by atomic mass is 79.9. The van der Waals surface area contributed by atoms with Gasteiger partial charge in [0.1, 0.15) is 0 Å². The SMILES string of the molecule is CC(CNC(C)(C)C)NCc1ccoc1Br. The summed E-state index contributed by atoms with van der Waals surface area (Å²) in [5.41, 5.74) is 1.33. The minimum Gasteiger partial charge on any atom is -0.457 e. The van der Waals surface area contributed by atoms with E-state index in [-0.39, 0.29) is 5.54 Å². The lowest BCUT2D eigenvalue weighted by molar-refractivity contribution is 0.387. The number of nitrogens with one attached hydrogen (secondary N) is 2. The molecule has 0 saturated carbocycles. The van der Waals surface area contributed by atoms with Crippen LogP contribution < -0.4 is 10.6 Å². The Morgan fingerprint density at radius 2 is 2.12 bits per heavy atom. The van der Waals surface area contributed by atoms with Crippen LogP contribution in [0, 0.1) is 0 Å². The van der Waals surface area contributed by atoms with Crippen LogP contribution in [-0.4, -0.2) is 18.1 Å². The molecule has 2 N–H and O–H groups in total. The maximum atomic E-state index is 5.17. The van der Waals surface area contributed by atoms with Crippen LogP contribution in [0.15, 0.2) is 21.4 Å². The summed E-state index contributed by atoms with van der Waals surface area (Å²) in [6.45, 7) is 10.5. The van der Waals surface area contributed by atoms with E-state index in [2.05, 4.69) is 54.3 Å². The van der Waals surface area contributed by atoms with Gasteiger partial charge in [0.05, 0.1) is 6.26 Å². The molecule has 0 bridgehead atoms. The second-order valence-corrected chi connectivity index (χ2v) is 5.85. The highest BCUT2D eigenvalue weighted by molar-refractivity contribution is 9.10. The number of hydrogen-bond donors (Lipinski definition) is 2.